The molecular formula is C23H36N4O3. The number of hydrogen-bond donors (Lipinski definition) is 2. The van der Waals surface area contributed by atoms with E-state index in [-0.39, 0.29) is 11.9 Å². The Morgan fingerprint density at radius 1 is 1.07 bits per heavy atom. The second-order valence-electron chi connectivity index (χ2n) is 8.17. The number of benzene rings is 1. The van der Waals surface area contributed by atoms with Gasteiger partial charge in [0.1, 0.15) is 0 Å². The maximum atomic E-state index is 12.4. The van der Waals surface area contributed by atoms with E-state index in [1.165, 1.54) is 0 Å². The number of amides is 3. The zero-order valence-electron chi connectivity index (χ0n) is 18.4. The molecule has 0 radical (unpaired) electrons. The molecule has 0 saturated carbocycles. The summed E-state index contributed by atoms with van der Waals surface area (Å²) in [5.41, 5.74) is 1.95. The van der Waals surface area contributed by atoms with E-state index in [1.54, 1.807) is 0 Å². The Hall–Kier alpha value is -2.12. The monoisotopic (exact) mass is 416 g/mol. The van der Waals surface area contributed by atoms with E-state index < -0.39 is 0 Å². The molecule has 0 bridgehead atoms. The predicted molar refractivity (Wildman–Crippen MR) is 119 cm³/mol. The van der Waals surface area contributed by atoms with Gasteiger partial charge in [0.05, 0.1) is 13.2 Å². The van der Waals surface area contributed by atoms with Crippen LogP contribution < -0.4 is 15.5 Å². The van der Waals surface area contributed by atoms with Gasteiger partial charge in [-0.2, -0.15) is 0 Å². The molecule has 0 aliphatic carbocycles. The minimum absolute atomic E-state index is 0.141. The van der Waals surface area contributed by atoms with Crippen molar-refractivity contribution < 1.29 is 14.3 Å². The van der Waals surface area contributed by atoms with Gasteiger partial charge >= 0.3 is 6.03 Å². The Balaban J connectivity index is 1.47. The summed E-state index contributed by atoms with van der Waals surface area (Å²) in [5.74, 6) is 0.747. The summed E-state index contributed by atoms with van der Waals surface area (Å²) in [6.45, 7) is 9.74. The van der Waals surface area contributed by atoms with Crippen LogP contribution in [0.4, 0.5) is 10.5 Å². The quantitative estimate of drug-likeness (QED) is 0.649. The number of rotatable bonds is 9. The number of urea groups is 1. The first-order chi connectivity index (χ1) is 14.6. The lowest BCUT2D eigenvalue weighted by atomic mass is 9.92. The highest BCUT2D eigenvalue weighted by Crippen LogP contribution is 2.22. The molecule has 3 amide bonds. The number of nitrogens with zero attached hydrogens (tertiary/aromatic N) is 2. The number of morpholine rings is 1. The number of carbonyl (C=O) groups is 2. The lowest BCUT2D eigenvalue weighted by Crippen LogP contribution is -2.53. The Labute approximate surface area is 180 Å². The molecule has 2 aliphatic heterocycles. The van der Waals surface area contributed by atoms with Crippen LogP contribution in [0.2, 0.25) is 0 Å². The number of hydrogen-bond acceptors (Lipinski definition) is 4. The van der Waals surface area contributed by atoms with Crippen molar-refractivity contribution in [2.75, 3.05) is 44.3 Å². The largest absolute Gasteiger partial charge is 0.379 e. The average Bonchev–Trinajstić information content (AvgIpc) is 3.22. The molecule has 3 rings (SSSR count). The third kappa shape index (κ3) is 5.95. The van der Waals surface area contributed by atoms with Crippen molar-refractivity contribution in [3.8, 4) is 0 Å². The summed E-state index contributed by atoms with van der Waals surface area (Å²) in [7, 11) is 0. The van der Waals surface area contributed by atoms with E-state index in [0.717, 1.165) is 63.4 Å². The van der Waals surface area contributed by atoms with Gasteiger partial charge in [-0.3, -0.25) is 9.69 Å². The van der Waals surface area contributed by atoms with Crippen LogP contribution in [0.5, 0.6) is 0 Å². The first-order valence-corrected chi connectivity index (χ1v) is 11.3. The lowest BCUT2D eigenvalue weighted by Gasteiger charge is -2.38. The molecule has 1 aromatic rings. The topological polar surface area (TPSA) is 73.9 Å². The minimum Gasteiger partial charge on any atom is -0.379 e. The van der Waals surface area contributed by atoms with Crippen LogP contribution in [0.3, 0.4) is 0 Å². The van der Waals surface area contributed by atoms with Gasteiger partial charge < -0.3 is 20.3 Å². The molecule has 7 heteroatoms. The van der Waals surface area contributed by atoms with Crippen molar-refractivity contribution in [3.05, 3.63) is 29.8 Å². The summed E-state index contributed by atoms with van der Waals surface area (Å²) in [4.78, 5) is 28.5. The zero-order chi connectivity index (χ0) is 21.3. The number of nitrogens with one attached hydrogen (secondary N) is 2. The number of ether oxygens (including phenoxy) is 1. The highest BCUT2D eigenvalue weighted by Gasteiger charge is 2.27. The van der Waals surface area contributed by atoms with E-state index in [4.69, 9.17) is 4.74 Å². The van der Waals surface area contributed by atoms with Crippen LogP contribution in [-0.4, -0.2) is 62.3 Å². The SMILES string of the molecule is CCC(CC)[C@H](CNC(=O)NCc1ccc(N2CCCC2=O)cc1)N1CCOCC1. The Morgan fingerprint density at radius 2 is 1.77 bits per heavy atom. The van der Waals surface area contributed by atoms with Gasteiger partial charge in [0.25, 0.3) is 0 Å². The molecule has 7 nitrogen and oxygen atoms in total. The van der Waals surface area contributed by atoms with E-state index in [1.807, 2.05) is 29.2 Å². The van der Waals surface area contributed by atoms with Crippen LogP contribution in [0.15, 0.2) is 24.3 Å². The van der Waals surface area contributed by atoms with E-state index in [9.17, 15) is 9.59 Å². The van der Waals surface area contributed by atoms with Gasteiger partial charge in [0.15, 0.2) is 0 Å². The number of carbonyl (C=O) groups excluding carboxylic acids is 2. The van der Waals surface area contributed by atoms with Crippen molar-refractivity contribution in [1.29, 1.82) is 0 Å². The smallest absolute Gasteiger partial charge is 0.315 e. The molecule has 30 heavy (non-hydrogen) atoms. The van der Waals surface area contributed by atoms with Crippen molar-refractivity contribution in [3.63, 3.8) is 0 Å². The van der Waals surface area contributed by atoms with E-state index in [2.05, 4.69) is 29.4 Å². The molecule has 2 heterocycles. The average molecular weight is 417 g/mol. The standard InChI is InChI=1S/C23H36N4O3/c1-3-19(4-2)21(26-12-14-30-15-13-26)17-25-23(29)24-16-18-7-9-20(10-8-18)27-11-5-6-22(27)28/h7-10,19,21H,3-6,11-17H2,1-2H3,(H2,24,25,29)/t21-/m0/s1. The van der Waals surface area contributed by atoms with Gasteiger partial charge in [-0.25, -0.2) is 4.79 Å². The maximum absolute atomic E-state index is 12.4. The predicted octanol–water partition coefficient (Wildman–Crippen LogP) is 2.75. The highest BCUT2D eigenvalue weighted by molar-refractivity contribution is 5.95. The molecule has 2 N–H and O–H groups in total. The first-order valence-electron chi connectivity index (χ1n) is 11.3. The van der Waals surface area contributed by atoms with Crippen LogP contribution in [0.25, 0.3) is 0 Å². The highest BCUT2D eigenvalue weighted by atomic mass is 16.5. The van der Waals surface area contributed by atoms with Crippen LogP contribution >= 0.6 is 0 Å². The van der Waals surface area contributed by atoms with Crippen molar-refractivity contribution in [2.24, 2.45) is 5.92 Å². The molecule has 2 aliphatic rings. The maximum Gasteiger partial charge on any atom is 0.315 e. The first kappa shape index (κ1) is 22.6. The molecule has 1 atom stereocenters. The number of anilines is 1. The van der Waals surface area contributed by atoms with Gasteiger partial charge in [-0.15, -0.1) is 0 Å². The fourth-order valence-electron chi connectivity index (χ4n) is 4.49. The molecule has 0 aromatic heterocycles. The molecule has 0 spiro atoms. The minimum atomic E-state index is -0.141. The summed E-state index contributed by atoms with van der Waals surface area (Å²) in [6.07, 6.45) is 3.76. The third-order valence-electron chi connectivity index (χ3n) is 6.35. The van der Waals surface area contributed by atoms with Crippen LogP contribution in [-0.2, 0) is 16.1 Å². The second-order valence-corrected chi connectivity index (χ2v) is 8.17. The molecule has 0 unspecified atom stereocenters. The fraction of sp³-hybridized carbons (Fsp3) is 0.652. The molecule has 1 aromatic carbocycles. The zero-order valence-corrected chi connectivity index (χ0v) is 18.4. The van der Waals surface area contributed by atoms with Crippen molar-refractivity contribution >= 4 is 17.6 Å². The molecule has 166 valence electrons. The summed E-state index contributed by atoms with van der Waals surface area (Å²) >= 11 is 0. The van der Waals surface area contributed by atoms with E-state index in [0.29, 0.717) is 31.5 Å². The summed E-state index contributed by atoms with van der Waals surface area (Å²) in [5, 5.41) is 6.03. The normalized spacial score (nSPS) is 18.6. The van der Waals surface area contributed by atoms with Gasteiger partial charge in [0, 0.05) is 50.9 Å². The Bertz CT molecular complexity index is 684. The van der Waals surface area contributed by atoms with Gasteiger partial charge in [0.2, 0.25) is 5.91 Å². The fourth-order valence-corrected chi connectivity index (χ4v) is 4.49. The molecule has 2 saturated heterocycles. The van der Waals surface area contributed by atoms with Crippen molar-refractivity contribution in [1.82, 2.24) is 15.5 Å². The van der Waals surface area contributed by atoms with Gasteiger partial charge in [-0.05, 0) is 30.0 Å². The summed E-state index contributed by atoms with van der Waals surface area (Å²) < 4.78 is 5.49. The molecular weight excluding hydrogens is 380 g/mol. The van der Waals surface area contributed by atoms with Crippen molar-refractivity contribution in [2.45, 2.75) is 52.1 Å². The van der Waals surface area contributed by atoms with E-state index >= 15 is 0 Å². The lowest BCUT2D eigenvalue weighted by molar-refractivity contribution is -0.117. The Morgan fingerprint density at radius 3 is 2.37 bits per heavy atom. The van der Waals surface area contributed by atoms with Crippen LogP contribution in [0.1, 0.15) is 45.1 Å². The molecule has 2 fully saturated rings. The van der Waals surface area contributed by atoms with Gasteiger partial charge in [-0.1, -0.05) is 38.8 Å². The summed E-state index contributed by atoms with van der Waals surface area (Å²) in [6, 6.07) is 8.06. The third-order valence-corrected chi connectivity index (χ3v) is 6.35. The second kappa shape index (κ2) is 11.3. The van der Waals surface area contributed by atoms with Crippen LogP contribution in [0, 0.1) is 5.92 Å². The Kier molecular flexibility index (Phi) is 8.51.